The highest BCUT2D eigenvalue weighted by Gasteiger charge is 2.46. The van der Waals surface area contributed by atoms with Crippen LogP contribution in [0.3, 0.4) is 0 Å². The van der Waals surface area contributed by atoms with Gasteiger partial charge in [-0.05, 0) is 71.6 Å². The van der Waals surface area contributed by atoms with Crippen molar-refractivity contribution in [1.29, 1.82) is 0 Å². The molecule has 0 amide bonds. The fourth-order valence-corrected chi connectivity index (χ4v) is 12.3. The predicted molar refractivity (Wildman–Crippen MR) is 268 cm³/mol. The van der Waals surface area contributed by atoms with Crippen LogP contribution in [0.2, 0.25) is 0 Å². The summed E-state index contributed by atoms with van der Waals surface area (Å²) in [4.78, 5) is 16.1. The zero-order valence-corrected chi connectivity index (χ0v) is 37.6. The van der Waals surface area contributed by atoms with Gasteiger partial charge in [-0.1, -0.05) is 211 Å². The van der Waals surface area contributed by atoms with Crippen molar-refractivity contribution >= 4 is 24.4 Å². The third-order valence-electron chi connectivity index (χ3n) is 12.5. The Hall–Kier alpha value is -8.19. The predicted octanol–water partition coefficient (Wildman–Crippen LogP) is 12.3. The summed E-state index contributed by atoms with van der Waals surface area (Å²) < 4.78 is 14.2. The topological polar surface area (TPSA) is 57.1 Å². The molecule has 0 saturated heterocycles. The lowest BCUT2D eigenvalue weighted by atomic mass is 9.63. The number of rotatable bonds is 10. The lowest BCUT2D eigenvalue weighted by Crippen LogP contribution is -2.52. The molecule has 0 bridgehead atoms. The third-order valence-corrected chi connectivity index (χ3v) is 15.3. The van der Waals surface area contributed by atoms with Gasteiger partial charge in [0.1, 0.15) is 23.0 Å². The molecule has 0 N–H and O–H groups in total. The van der Waals surface area contributed by atoms with Gasteiger partial charge in [-0.2, -0.15) is 0 Å². The van der Waals surface area contributed by atoms with E-state index in [4.69, 9.17) is 24.4 Å². The highest BCUT2D eigenvalue weighted by atomic mass is 28.3. The van der Waals surface area contributed by atoms with E-state index in [0.29, 0.717) is 29.0 Å². The van der Waals surface area contributed by atoms with Crippen LogP contribution in [-0.4, -0.2) is 23.7 Å². The Bertz CT molecular complexity index is 3250. The maximum atomic E-state index is 7.11. The minimum Gasteiger partial charge on any atom is -0.457 e. The van der Waals surface area contributed by atoms with Crippen LogP contribution < -0.4 is 25.0 Å². The molecule has 11 rings (SSSR count). The summed E-state index contributed by atoms with van der Waals surface area (Å²) in [7, 11) is -1.46. The second-order valence-corrected chi connectivity index (χ2v) is 19.0. The number of fused-ring (bicyclic) bond motifs is 2. The van der Waals surface area contributed by atoms with E-state index in [9.17, 15) is 0 Å². The van der Waals surface area contributed by atoms with Crippen LogP contribution in [0.5, 0.6) is 23.0 Å². The normalized spacial score (nSPS) is 12.5. The molecule has 0 aliphatic carbocycles. The van der Waals surface area contributed by atoms with Crippen molar-refractivity contribution in [2.45, 2.75) is 19.3 Å². The van der Waals surface area contributed by atoms with Gasteiger partial charge in [0.15, 0.2) is 26.3 Å². The minimum absolute atomic E-state index is 0.494. The van der Waals surface area contributed by atoms with Crippen molar-refractivity contribution in [3.63, 3.8) is 0 Å². The maximum Gasteiger partial charge on any atom is 0.167 e. The molecule has 0 unspecified atom stereocenters. The Labute approximate surface area is 387 Å². The molecular formula is C60H44N3O2Si. The van der Waals surface area contributed by atoms with Crippen molar-refractivity contribution in [2.24, 2.45) is 0 Å². The summed E-state index contributed by atoms with van der Waals surface area (Å²) in [6, 6.07) is 80.4. The van der Waals surface area contributed by atoms with Gasteiger partial charge in [-0.15, -0.1) is 0 Å². The van der Waals surface area contributed by atoms with Crippen LogP contribution in [0.15, 0.2) is 231 Å². The van der Waals surface area contributed by atoms with Crippen LogP contribution in [0.1, 0.15) is 33.4 Å². The van der Waals surface area contributed by atoms with E-state index in [1.807, 2.05) is 36.4 Å². The van der Waals surface area contributed by atoms with Crippen molar-refractivity contribution in [2.75, 3.05) is 0 Å². The van der Waals surface area contributed by atoms with Gasteiger partial charge in [0.05, 0.1) is 16.5 Å². The summed E-state index contributed by atoms with van der Waals surface area (Å²) in [6.07, 6.45) is 0. The van der Waals surface area contributed by atoms with E-state index < -0.39 is 14.2 Å². The van der Waals surface area contributed by atoms with Crippen LogP contribution in [0.25, 0.3) is 34.2 Å². The lowest BCUT2D eigenvalue weighted by Gasteiger charge is -2.42. The summed E-state index contributed by atoms with van der Waals surface area (Å²) in [5, 5.41) is 3.70. The monoisotopic (exact) mass is 866 g/mol. The molecule has 1 radical (unpaired) electrons. The average molecular weight is 867 g/mol. The molecule has 2 heterocycles. The minimum atomic E-state index is -1.46. The maximum absolute atomic E-state index is 7.11. The van der Waals surface area contributed by atoms with E-state index in [-0.39, 0.29) is 0 Å². The number of nitrogens with zero attached hydrogens (tertiary/aromatic N) is 3. The summed E-state index contributed by atoms with van der Waals surface area (Å²) in [5.41, 5.74) is 8.23. The number of ether oxygens (including phenoxy) is 2. The molecule has 10 aromatic rings. The molecule has 5 nitrogen and oxygen atoms in total. The van der Waals surface area contributed by atoms with Gasteiger partial charge in [-0.3, -0.25) is 0 Å². The van der Waals surface area contributed by atoms with Crippen LogP contribution >= 0.6 is 0 Å². The number of para-hydroxylation sites is 4. The van der Waals surface area contributed by atoms with Crippen LogP contribution in [0.4, 0.5) is 0 Å². The van der Waals surface area contributed by atoms with Gasteiger partial charge in [0.2, 0.25) is 0 Å². The number of benzene rings is 9. The molecule has 0 saturated carbocycles. The van der Waals surface area contributed by atoms with Crippen molar-refractivity contribution in [1.82, 2.24) is 15.0 Å². The fourth-order valence-electron chi connectivity index (χ4n) is 9.61. The first-order chi connectivity index (χ1) is 32.6. The smallest absolute Gasteiger partial charge is 0.167 e. The lowest BCUT2D eigenvalue weighted by molar-refractivity contribution is 0.436. The number of aryl methyl sites for hydroxylation is 2. The van der Waals surface area contributed by atoms with E-state index in [1.165, 1.54) is 10.4 Å². The molecular weight excluding hydrogens is 823 g/mol. The highest BCUT2D eigenvalue weighted by Crippen LogP contribution is 2.57. The first kappa shape index (κ1) is 40.6. The third kappa shape index (κ3) is 7.18. The Kier molecular flexibility index (Phi) is 10.7. The number of hydrogen-bond donors (Lipinski definition) is 0. The van der Waals surface area contributed by atoms with E-state index >= 15 is 0 Å². The zero-order valence-electron chi connectivity index (χ0n) is 36.6. The molecule has 9 aromatic carbocycles. The Morgan fingerprint density at radius 1 is 0.409 bits per heavy atom. The number of hydrogen-bond acceptors (Lipinski definition) is 5. The van der Waals surface area contributed by atoms with E-state index in [1.54, 1.807) is 0 Å². The van der Waals surface area contributed by atoms with Crippen molar-refractivity contribution in [3.8, 4) is 57.2 Å². The molecule has 1 aliphatic heterocycles. The summed E-state index contributed by atoms with van der Waals surface area (Å²) >= 11 is 0. The first-order valence-corrected chi connectivity index (χ1v) is 23.8. The Morgan fingerprint density at radius 2 is 0.879 bits per heavy atom. The number of aromatic nitrogens is 3. The Morgan fingerprint density at radius 3 is 1.53 bits per heavy atom. The van der Waals surface area contributed by atoms with Crippen molar-refractivity contribution < 1.29 is 9.47 Å². The van der Waals surface area contributed by atoms with Crippen LogP contribution in [0, 0.1) is 13.8 Å². The molecule has 6 heteroatoms. The van der Waals surface area contributed by atoms with E-state index in [0.717, 1.165) is 66.8 Å². The van der Waals surface area contributed by atoms with Gasteiger partial charge in [0.25, 0.3) is 0 Å². The molecule has 0 spiro atoms. The SMILES string of the molecule is Cc1cccc(C)c1-c1nc(-c2ccccc2Oc2ccccc2[Si](c2ccccc2)c2ccccc2)nc(-c2cccc3c2Oc2ccccc2C3(c2ccccc2)c2ccccc2)n1. The molecule has 315 valence electrons. The van der Waals surface area contributed by atoms with Gasteiger partial charge in [0, 0.05) is 16.7 Å². The van der Waals surface area contributed by atoms with Crippen molar-refractivity contribution in [3.05, 3.63) is 264 Å². The quantitative estimate of drug-likeness (QED) is 0.101. The van der Waals surface area contributed by atoms with E-state index in [2.05, 4.69) is 208 Å². The summed E-state index contributed by atoms with van der Waals surface area (Å²) in [6.45, 7) is 4.22. The molecule has 1 aliphatic rings. The van der Waals surface area contributed by atoms with Gasteiger partial charge < -0.3 is 9.47 Å². The second kappa shape index (κ2) is 17.4. The molecule has 66 heavy (non-hydrogen) atoms. The highest BCUT2D eigenvalue weighted by molar-refractivity contribution is 6.96. The zero-order chi connectivity index (χ0) is 44.5. The Balaban J connectivity index is 1.11. The average Bonchev–Trinajstić information content (AvgIpc) is 3.37. The second-order valence-electron chi connectivity index (χ2n) is 16.5. The van der Waals surface area contributed by atoms with Gasteiger partial charge in [-0.25, -0.2) is 15.0 Å². The molecule has 1 aromatic heterocycles. The standard InChI is InChI=1S/C60H44N3O2Si/c1-41-23-21-24-42(2)55(41)59-62-57(47-33-15-17-37-51(47)64-53-39-19-20-40-54(53)66(45-29-11-5-12-30-45)46-31-13-6-14-32-46)61-58(63-59)48-34-22-36-50-56(48)65-52-38-18-16-35-49(52)60(50,43-25-7-3-8-26-43)44-27-9-4-10-28-44/h3-40H,1-2H3. The molecule has 0 atom stereocenters. The fraction of sp³-hybridized carbons (Fsp3) is 0.0500. The van der Waals surface area contributed by atoms with Gasteiger partial charge >= 0.3 is 0 Å². The largest absolute Gasteiger partial charge is 0.457 e. The molecule has 0 fully saturated rings. The van der Waals surface area contributed by atoms with Crippen LogP contribution in [-0.2, 0) is 5.41 Å². The first-order valence-electron chi connectivity index (χ1n) is 22.3. The summed E-state index contributed by atoms with van der Waals surface area (Å²) in [5.74, 6) is 4.47.